The highest BCUT2D eigenvalue weighted by molar-refractivity contribution is 6.31. The number of fused-ring (bicyclic) bond motifs is 1. The lowest BCUT2D eigenvalue weighted by Gasteiger charge is -2.23. The van der Waals surface area contributed by atoms with Crippen LogP contribution in [0.15, 0.2) is 53.7 Å². The van der Waals surface area contributed by atoms with Crippen molar-refractivity contribution in [2.45, 2.75) is 32.4 Å². The summed E-state index contributed by atoms with van der Waals surface area (Å²) in [6, 6.07) is 9.64. The normalized spacial score (nSPS) is 15.8. The van der Waals surface area contributed by atoms with Crippen LogP contribution in [0.3, 0.4) is 0 Å². The molecule has 1 fully saturated rings. The third-order valence-electron chi connectivity index (χ3n) is 6.52. The Bertz CT molecular complexity index is 1450. The minimum atomic E-state index is -0.651. The van der Waals surface area contributed by atoms with Crippen LogP contribution in [-0.4, -0.2) is 50.7 Å². The van der Waals surface area contributed by atoms with Crippen molar-refractivity contribution in [3.05, 3.63) is 81.2 Å². The topological polar surface area (TPSA) is 83.3 Å². The molecule has 3 heterocycles. The number of phenolic OH excluding ortho intramolecular Hbond substituents is 1. The van der Waals surface area contributed by atoms with Gasteiger partial charge in [0.25, 0.3) is 5.56 Å². The van der Waals surface area contributed by atoms with Crippen LogP contribution < -0.4 is 10.9 Å². The number of aromatic nitrogens is 3. The fraction of sp³-hybridized carbons (Fsp3) is 0.296. The van der Waals surface area contributed by atoms with Gasteiger partial charge in [-0.25, -0.2) is 14.4 Å². The van der Waals surface area contributed by atoms with E-state index in [2.05, 4.69) is 20.2 Å². The van der Waals surface area contributed by atoms with E-state index in [-0.39, 0.29) is 17.0 Å². The van der Waals surface area contributed by atoms with E-state index in [0.29, 0.717) is 28.6 Å². The molecule has 0 amide bonds. The summed E-state index contributed by atoms with van der Waals surface area (Å²) in [5.74, 6) is -0.926. The lowest BCUT2D eigenvalue weighted by Crippen LogP contribution is -2.35. The molecule has 1 aliphatic heterocycles. The number of phenols is 1. The van der Waals surface area contributed by atoms with E-state index in [1.54, 1.807) is 6.20 Å². The molecule has 186 valence electrons. The second-order valence-corrected chi connectivity index (χ2v) is 9.88. The Morgan fingerprint density at radius 3 is 2.78 bits per heavy atom. The Balaban J connectivity index is 1.71. The largest absolute Gasteiger partial charge is 0.508 e. The Labute approximate surface area is 213 Å². The van der Waals surface area contributed by atoms with Crippen molar-refractivity contribution < 1.29 is 9.50 Å². The first-order valence-electron chi connectivity index (χ1n) is 11.9. The Morgan fingerprint density at radius 2 is 2.06 bits per heavy atom. The number of likely N-dealkylation sites (N-methyl/N-ethyl adjacent to an activating group) is 1. The van der Waals surface area contributed by atoms with E-state index >= 15 is 0 Å². The van der Waals surface area contributed by atoms with Crippen molar-refractivity contribution in [3.63, 3.8) is 0 Å². The molecule has 0 aliphatic carbocycles. The van der Waals surface area contributed by atoms with E-state index in [4.69, 9.17) is 11.6 Å². The van der Waals surface area contributed by atoms with Crippen LogP contribution in [0, 0.1) is 12.7 Å². The first kappa shape index (κ1) is 24.4. The quantitative estimate of drug-likeness (QED) is 0.401. The number of aryl methyl sites for hydroxylation is 1. The van der Waals surface area contributed by atoms with Gasteiger partial charge in [0.15, 0.2) is 5.65 Å². The zero-order valence-electron chi connectivity index (χ0n) is 20.1. The molecule has 0 spiro atoms. The van der Waals surface area contributed by atoms with Gasteiger partial charge in [-0.05, 0) is 68.2 Å². The Morgan fingerprint density at radius 1 is 1.22 bits per heavy atom. The highest BCUT2D eigenvalue weighted by Crippen LogP contribution is 2.31. The van der Waals surface area contributed by atoms with Crippen LogP contribution in [0.2, 0.25) is 5.02 Å². The molecule has 5 rings (SSSR count). The summed E-state index contributed by atoms with van der Waals surface area (Å²) in [5.41, 5.74) is 3.52. The number of hydrogen-bond donors (Lipinski definition) is 2. The van der Waals surface area contributed by atoms with Gasteiger partial charge in [0.05, 0.1) is 11.1 Å². The average molecular weight is 508 g/mol. The van der Waals surface area contributed by atoms with Crippen LogP contribution in [-0.2, 0) is 6.54 Å². The van der Waals surface area contributed by atoms with Crippen molar-refractivity contribution in [2.75, 3.05) is 20.1 Å². The van der Waals surface area contributed by atoms with Crippen LogP contribution >= 0.6 is 11.6 Å². The number of halogens is 2. The van der Waals surface area contributed by atoms with Crippen LogP contribution in [0.1, 0.15) is 24.0 Å². The number of nitrogens with zero attached hydrogens (tertiary/aromatic N) is 4. The van der Waals surface area contributed by atoms with Gasteiger partial charge in [-0.1, -0.05) is 17.7 Å². The number of rotatable bonds is 6. The van der Waals surface area contributed by atoms with E-state index in [1.165, 1.54) is 23.0 Å². The van der Waals surface area contributed by atoms with Crippen LogP contribution in [0.5, 0.6) is 5.75 Å². The predicted molar refractivity (Wildman–Crippen MR) is 139 cm³/mol. The molecule has 0 unspecified atom stereocenters. The molecule has 2 aromatic heterocycles. The maximum atomic E-state index is 14.0. The molecule has 36 heavy (non-hydrogen) atoms. The number of benzene rings is 2. The molecule has 2 N–H and O–H groups in total. The number of hydrogen-bond acceptors (Lipinski definition) is 6. The molecule has 4 aromatic rings. The minimum Gasteiger partial charge on any atom is -0.508 e. The standard InChI is InChI=1S/C27H27ClFN5O2/c1-16-6-17(8-18(28)7-16)23-12-31-26-25(24(23)14-33(2)13-20-4-3-5-30-20)27(36)34(15-32-26)21-9-19(29)10-22(35)11-21/h6-12,15,20,30,35H,3-5,13-14H2,1-2H3/t20-/m0/s1. The van der Waals surface area contributed by atoms with Gasteiger partial charge in [0.1, 0.15) is 17.9 Å². The van der Waals surface area contributed by atoms with E-state index in [9.17, 15) is 14.3 Å². The molecular weight excluding hydrogens is 481 g/mol. The first-order chi connectivity index (χ1) is 17.3. The third-order valence-corrected chi connectivity index (χ3v) is 6.73. The molecule has 1 aliphatic rings. The zero-order valence-corrected chi connectivity index (χ0v) is 20.9. The van der Waals surface area contributed by atoms with Crippen molar-refractivity contribution in [1.29, 1.82) is 0 Å². The average Bonchev–Trinajstić information content (AvgIpc) is 3.31. The fourth-order valence-electron chi connectivity index (χ4n) is 4.96. The summed E-state index contributed by atoms with van der Waals surface area (Å²) in [7, 11) is 2.03. The van der Waals surface area contributed by atoms with Gasteiger partial charge in [0.2, 0.25) is 0 Å². The maximum absolute atomic E-state index is 14.0. The number of nitrogens with one attached hydrogen (secondary N) is 1. The molecule has 0 bridgehead atoms. The van der Waals surface area contributed by atoms with Gasteiger partial charge < -0.3 is 15.3 Å². The second-order valence-electron chi connectivity index (χ2n) is 9.44. The van der Waals surface area contributed by atoms with E-state index < -0.39 is 5.82 Å². The highest BCUT2D eigenvalue weighted by atomic mass is 35.5. The molecule has 1 saturated heterocycles. The second kappa shape index (κ2) is 9.97. The predicted octanol–water partition coefficient (Wildman–Crippen LogP) is 4.44. The first-order valence-corrected chi connectivity index (χ1v) is 12.2. The van der Waals surface area contributed by atoms with Crippen LogP contribution in [0.4, 0.5) is 4.39 Å². The summed E-state index contributed by atoms with van der Waals surface area (Å²) in [6.45, 7) is 4.28. The minimum absolute atomic E-state index is 0.186. The fourth-order valence-corrected chi connectivity index (χ4v) is 5.25. The third kappa shape index (κ3) is 4.97. The smallest absolute Gasteiger partial charge is 0.267 e. The van der Waals surface area contributed by atoms with Gasteiger partial charge >= 0.3 is 0 Å². The van der Waals surface area contributed by atoms with Crippen molar-refractivity contribution in [3.8, 4) is 22.6 Å². The van der Waals surface area contributed by atoms with Crippen molar-refractivity contribution in [2.24, 2.45) is 0 Å². The van der Waals surface area contributed by atoms with E-state index in [1.807, 2.05) is 32.2 Å². The Kier molecular flexibility index (Phi) is 6.75. The van der Waals surface area contributed by atoms with Crippen molar-refractivity contribution >= 4 is 22.6 Å². The Hall–Kier alpha value is -3.33. The van der Waals surface area contributed by atoms with Gasteiger partial charge in [-0.2, -0.15) is 0 Å². The number of pyridine rings is 1. The summed E-state index contributed by atoms with van der Waals surface area (Å²) < 4.78 is 15.3. The summed E-state index contributed by atoms with van der Waals surface area (Å²) >= 11 is 6.38. The molecular formula is C27H27ClFN5O2. The monoisotopic (exact) mass is 507 g/mol. The lowest BCUT2D eigenvalue weighted by molar-refractivity contribution is 0.294. The molecule has 9 heteroatoms. The summed E-state index contributed by atoms with van der Waals surface area (Å²) in [5, 5.41) is 14.4. The molecule has 7 nitrogen and oxygen atoms in total. The van der Waals surface area contributed by atoms with Gasteiger partial charge in [-0.3, -0.25) is 9.36 Å². The van der Waals surface area contributed by atoms with Gasteiger partial charge in [-0.15, -0.1) is 0 Å². The van der Waals surface area contributed by atoms with Crippen molar-refractivity contribution in [1.82, 2.24) is 24.8 Å². The van der Waals surface area contributed by atoms with Crippen LogP contribution in [0.25, 0.3) is 27.8 Å². The maximum Gasteiger partial charge on any atom is 0.267 e. The zero-order chi connectivity index (χ0) is 25.4. The summed E-state index contributed by atoms with van der Waals surface area (Å²) in [6.07, 6.45) is 5.30. The summed E-state index contributed by atoms with van der Waals surface area (Å²) in [4.78, 5) is 24.9. The molecule has 0 saturated carbocycles. The van der Waals surface area contributed by atoms with Gasteiger partial charge in [0, 0.05) is 48.0 Å². The molecule has 2 aromatic carbocycles. The molecule has 0 radical (unpaired) electrons. The lowest BCUT2D eigenvalue weighted by atomic mass is 9.97. The number of aromatic hydroxyl groups is 1. The SMILES string of the molecule is Cc1cc(Cl)cc(-c2cnc3ncn(-c4cc(O)cc(F)c4)c(=O)c3c2CN(C)C[C@@H]2CCCN2)c1. The molecule has 1 atom stereocenters. The highest BCUT2D eigenvalue weighted by Gasteiger charge is 2.21. The van der Waals surface area contributed by atoms with E-state index in [0.717, 1.165) is 54.3 Å².